The van der Waals surface area contributed by atoms with Crippen molar-refractivity contribution in [3.63, 3.8) is 0 Å². The normalized spacial score (nSPS) is 19.7. The SMILES string of the molecule is OCCc1cccc(CN2CCC(F)(F)C2)c1. The van der Waals surface area contributed by atoms with Crippen molar-refractivity contribution in [1.82, 2.24) is 4.90 Å². The first kappa shape index (κ1) is 12.5. The molecule has 0 aromatic heterocycles. The topological polar surface area (TPSA) is 23.5 Å². The summed E-state index contributed by atoms with van der Waals surface area (Å²) in [6.07, 6.45) is 0.577. The third-order valence-corrected chi connectivity index (χ3v) is 3.05. The molecular formula is C13H17F2NO. The fraction of sp³-hybridized carbons (Fsp3) is 0.538. The molecule has 0 amide bonds. The molecule has 0 bridgehead atoms. The molecule has 94 valence electrons. The molecule has 1 N–H and O–H groups in total. The maximum Gasteiger partial charge on any atom is 0.261 e. The molecule has 0 radical (unpaired) electrons. The van der Waals surface area contributed by atoms with Crippen LogP contribution in [0.5, 0.6) is 0 Å². The Labute approximate surface area is 99.9 Å². The Morgan fingerprint density at radius 1 is 1.29 bits per heavy atom. The summed E-state index contributed by atoms with van der Waals surface area (Å²) in [6.45, 7) is 0.995. The molecule has 0 saturated carbocycles. The van der Waals surface area contributed by atoms with Crippen LogP contribution in [0.3, 0.4) is 0 Å². The number of aliphatic hydroxyl groups is 1. The monoisotopic (exact) mass is 241 g/mol. The van der Waals surface area contributed by atoms with Gasteiger partial charge in [-0.1, -0.05) is 24.3 Å². The summed E-state index contributed by atoms with van der Waals surface area (Å²) in [4.78, 5) is 1.78. The summed E-state index contributed by atoms with van der Waals surface area (Å²) in [6, 6.07) is 7.77. The van der Waals surface area contributed by atoms with E-state index in [9.17, 15) is 8.78 Å². The molecule has 0 unspecified atom stereocenters. The zero-order chi connectivity index (χ0) is 12.3. The first-order chi connectivity index (χ1) is 8.09. The van der Waals surface area contributed by atoms with E-state index in [2.05, 4.69) is 0 Å². The summed E-state index contributed by atoms with van der Waals surface area (Å²) in [5.74, 6) is -2.53. The van der Waals surface area contributed by atoms with E-state index in [1.807, 2.05) is 24.3 Å². The molecule has 1 aromatic rings. The lowest BCUT2D eigenvalue weighted by Gasteiger charge is -2.16. The molecule has 1 aliphatic rings. The second-order valence-corrected chi connectivity index (χ2v) is 4.61. The Balaban J connectivity index is 1.97. The van der Waals surface area contributed by atoms with E-state index in [0.717, 1.165) is 11.1 Å². The molecule has 1 aliphatic heterocycles. The molecule has 1 fully saturated rings. The van der Waals surface area contributed by atoms with E-state index in [1.165, 1.54) is 0 Å². The van der Waals surface area contributed by atoms with E-state index in [1.54, 1.807) is 4.90 Å². The Hall–Kier alpha value is -1.00. The van der Waals surface area contributed by atoms with Crippen molar-refractivity contribution >= 4 is 0 Å². The van der Waals surface area contributed by atoms with Gasteiger partial charge in [0.25, 0.3) is 5.92 Å². The number of benzene rings is 1. The molecular weight excluding hydrogens is 224 g/mol. The fourth-order valence-corrected chi connectivity index (χ4v) is 2.21. The maximum atomic E-state index is 13.0. The van der Waals surface area contributed by atoms with Gasteiger partial charge in [0.05, 0.1) is 6.54 Å². The second kappa shape index (κ2) is 5.10. The molecule has 17 heavy (non-hydrogen) atoms. The highest BCUT2D eigenvalue weighted by atomic mass is 19.3. The third-order valence-electron chi connectivity index (χ3n) is 3.05. The highest BCUT2D eigenvalue weighted by molar-refractivity contribution is 5.23. The van der Waals surface area contributed by atoms with Gasteiger partial charge in [0.15, 0.2) is 0 Å². The summed E-state index contributed by atoms with van der Waals surface area (Å²) >= 11 is 0. The van der Waals surface area contributed by atoms with Gasteiger partial charge in [0, 0.05) is 26.1 Å². The molecule has 1 heterocycles. The van der Waals surface area contributed by atoms with Crippen LogP contribution < -0.4 is 0 Å². The van der Waals surface area contributed by atoms with Crippen LogP contribution in [0.15, 0.2) is 24.3 Å². The number of hydrogen-bond donors (Lipinski definition) is 1. The number of rotatable bonds is 4. The molecule has 0 atom stereocenters. The van der Waals surface area contributed by atoms with Crippen molar-refractivity contribution < 1.29 is 13.9 Å². The van der Waals surface area contributed by atoms with Crippen molar-refractivity contribution in [3.05, 3.63) is 35.4 Å². The number of hydrogen-bond acceptors (Lipinski definition) is 2. The van der Waals surface area contributed by atoms with Crippen LogP contribution in [0.4, 0.5) is 8.78 Å². The van der Waals surface area contributed by atoms with Crippen LogP contribution in [-0.4, -0.2) is 35.6 Å². The lowest BCUT2D eigenvalue weighted by Crippen LogP contribution is -2.24. The Bertz CT molecular complexity index is 381. The number of halogens is 2. The number of likely N-dealkylation sites (tertiary alicyclic amines) is 1. The predicted octanol–water partition coefficient (Wildman–Crippen LogP) is 2.06. The fourth-order valence-electron chi connectivity index (χ4n) is 2.21. The summed E-state index contributed by atoms with van der Waals surface area (Å²) in [5.41, 5.74) is 2.09. The quantitative estimate of drug-likeness (QED) is 0.872. The van der Waals surface area contributed by atoms with E-state index in [-0.39, 0.29) is 19.6 Å². The van der Waals surface area contributed by atoms with Gasteiger partial charge in [0.1, 0.15) is 0 Å². The van der Waals surface area contributed by atoms with Crippen LogP contribution in [0.25, 0.3) is 0 Å². The van der Waals surface area contributed by atoms with Crippen LogP contribution in [-0.2, 0) is 13.0 Å². The van der Waals surface area contributed by atoms with E-state index >= 15 is 0 Å². The number of nitrogens with zero attached hydrogens (tertiary/aromatic N) is 1. The minimum atomic E-state index is -2.53. The van der Waals surface area contributed by atoms with E-state index in [0.29, 0.717) is 19.5 Å². The van der Waals surface area contributed by atoms with Crippen LogP contribution >= 0.6 is 0 Å². The van der Waals surface area contributed by atoms with Gasteiger partial charge in [-0.05, 0) is 17.5 Å². The lowest BCUT2D eigenvalue weighted by atomic mass is 10.1. The van der Waals surface area contributed by atoms with Crippen LogP contribution in [0.1, 0.15) is 17.5 Å². The smallest absolute Gasteiger partial charge is 0.261 e. The Morgan fingerprint density at radius 2 is 2.06 bits per heavy atom. The van der Waals surface area contributed by atoms with Gasteiger partial charge < -0.3 is 5.11 Å². The van der Waals surface area contributed by atoms with Gasteiger partial charge in [0.2, 0.25) is 0 Å². The molecule has 0 aliphatic carbocycles. The van der Waals surface area contributed by atoms with E-state index < -0.39 is 5.92 Å². The van der Waals surface area contributed by atoms with Gasteiger partial charge in [-0.25, -0.2) is 8.78 Å². The first-order valence-electron chi connectivity index (χ1n) is 5.88. The van der Waals surface area contributed by atoms with Crippen molar-refractivity contribution in [1.29, 1.82) is 0 Å². The molecule has 1 saturated heterocycles. The largest absolute Gasteiger partial charge is 0.396 e. The van der Waals surface area contributed by atoms with Gasteiger partial charge in [-0.2, -0.15) is 0 Å². The highest BCUT2D eigenvalue weighted by Crippen LogP contribution is 2.27. The molecule has 2 nitrogen and oxygen atoms in total. The van der Waals surface area contributed by atoms with Crippen molar-refractivity contribution in [3.8, 4) is 0 Å². The Morgan fingerprint density at radius 3 is 2.71 bits per heavy atom. The lowest BCUT2D eigenvalue weighted by molar-refractivity contribution is 0.0115. The predicted molar refractivity (Wildman–Crippen MR) is 62.1 cm³/mol. The summed E-state index contributed by atoms with van der Waals surface area (Å²) in [5, 5.41) is 8.85. The number of alkyl halides is 2. The van der Waals surface area contributed by atoms with Gasteiger partial charge >= 0.3 is 0 Å². The second-order valence-electron chi connectivity index (χ2n) is 4.61. The third kappa shape index (κ3) is 3.48. The van der Waals surface area contributed by atoms with Crippen molar-refractivity contribution in [2.75, 3.05) is 19.7 Å². The summed E-state index contributed by atoms with van der Waals surface area (Å²) < 4.78 is 26.0. The molecule has 1 aromatic carbocycles. The Kier molecular flexibility index (Phi) is 3.74. The van der Waals surface area contributed by atoms with Crippen molar-refractivity contribution in [2.45, 2.75) is 25.3 Å². The van der Waals surface area contributed by atoms with Crippen LogP contribution in [0, 0.1) is 0 Å². The highest BCUT2D eigenvalue weighted by Gasteiger charge is 2.37. The van der Waals surface area contributed by atoms with Gasteiger partial charge in [-0.3, -0.25) is 4.90 Å². The molecule has 2 rings (SSSR count). The zero-order valence-electron chi connectivity index (χ0n) is 9.70. The maximum absolute atomic E-state index is 13.0. The van der Waals surface area contributed by atoms with E-state index in [4.69, 9.17) is 5.11 Å². The summed E-state index contributed by atoms with van der Waals surface area (Å²) in [7, 11) is 0. The van der Waals surface area contributed by atoms with Crippen molar-refractivity contribution in [2.24, 2.45) is 0 Å². The average molecular weight is 241 g/mol. The zero-order valence-corrected chi connectivity index (χ0v) is 9.70. The number of aliphatic hydroxyl groups excluding tert-OH is 1. The first-order valence-corrected chi connectivity index (χ1v) is 5.88. The average Bonchev–Trinajstić information content (AvgIpc) is 2.59. The van der Waals surface area contributed by atoms with Gasteiger partial charge in [-0.15, -0.1) is 0 Å². The minimum Gasteiger partial charge on any atom is -0.396 e. The minimum absolute atomic E-state index is 0.0384. The molecule has 0 spiro atoms. The standard InChI is InChI=1S/C13H17F2NO/c14-13(15)5-6-16(10-13)9-12-3-1-2-11(8-12)4-7-17/h1-3,8,17H,4-7,9-10H2. The van der Waals surface area contributed by atoms with Crippen LogP contribution in [0.2, 0.25) is 0 Å². The molecule has 4 heteroatoms.